The summed E-state index contributed by atoms with van der Waals surface area (Å²) in [7, 11) is 1.63. The monoisotopic (exact) mass is 302 g/mol. The summed E-state index contributed by atoms with van der Waals surface area (Å²) in [5, 5.41) is 0. The Morgan fingerprint density at radius 2 is 1.91 bits per heavy atom. The quantitative estimate of drug-likeness (QED) is 0.788. The second-order valence-corrected chi connectivity index (χ2v) is 4.91. The number of aryl methyl sites for hydroxylation is 1. The van der Waals surface area contributed by atoms with Gasteiger partial charge in [-0.25, -0.2) is 4.98 Å². The standard InChI is InChI=1S/C17H22N2O3/c1-4-19(5-2)17(20)11-10-16-18-12-15(22-16)13-6-8-14(21-3)9-7-13/h6-9,12H,4-5,10-11H2,1-3H3. The molecule has 5 nitrogen and oxygen atoms in total. The van der Waals surface area contributed by atoms with Gasteiger partial charge in [0.2, 0.25) is 5.91 Å². The van der Waals surface area contributed by atoms with Crippen LogP contribution in [0.4, 0.5) is 0 Å². The minimum Gasteiger partial charge on any atom is -0.497 e. The highest BCUT2D eigenvalue weighted by Gasteiger charge is 2.12. The molecule has 2 rings (SSSR count). The first-order valence-electron chi connectivity index (χ1n) is 7.54. The lowest BCUT2D eigenvalue weighted by Gasteiger charge is -2.17. The van der Waals surface area contributed by atoms with Crippen LogP contribution in [0.25, 0.3) is 11.3 Å². The van der Waals surface area contributed by atoms with Gasteiger partial charge in [0, 0.05) is 31.5 Å². The van der Waals surface area contributed by atoms with E-state index in [4.69, 9.17) is 9.15 Å². The van der Waals surface area contributed by atoms with Crippen molar-refractivity contribution in [3.63, 3.8) is 0 Å². The topological polar surface area (TPSA) is 55.6 Å². The molecular formula is C17H22N2O3. The lowest BCUT2D eigenvalue weighted by molar-refractivity contribution is -0.130. The summed E-state index contributed by atoms with van der Waals surface area (Å²) in [4.78, 5) is 18.0. The minimum absolute atomic E-state index is 0.134. The van der Waals surface area contributed by atoms with Crippen LogP contribution < -0.4 is 4.74 Å². The molecule has 0 atom stereocenters. The van der Waals surface area contributed by atoms with Gasteiger partial charge < -0.3 is 14.1 Å². The summed E-state index contributed by atoms with van der Waals surface area (Å²) in [6, 6.07) is 7.59. The SMILES string of the molecule is CCN(CC)C(=O)CCc1ncc(-c2ccc(OC)cc2)o1. The van der Waals surface area contributed by atoms with E-state index in [1.54, 1.807) is 13.3 Å². The third kappa shape index (κ3) is 3.87. The normalized spacial score (nSPS) is 10.5. The molecule has 0 saturated heterocycles. The number of amides is 1. The van der Waals surface area contributed by atoms with Gasteiger partial charge in [0.15, 0.2) is 11.7 Å². The minimum atomic E-state index is 0.134. The highest BCUT2D eigenvalue weighted by Crippen LogP contribution is 2.23. The van der Waals surface area contributed by atoms with Gasteiger partial charge in [-0.05, 0) is 38.1 Å². The molecule has 118 valence electrons. The highest BCUT2D eigenvalue weighted by molar-refractivity contribution is 5.76. The van der Waals surface area contributed by atoms with Crippen molar-refractivity contribution in [2.24, 2.45) is 0 Å². The molecule has 0 saturated carbocycles. The Bertz CT molecular complexity index is 601. The third-order valence-electron chi connectivity index (χ3n) is 3.60. The van der Waals surface area contributed by atoms with Crippen molar-refractivity contribution in [2.45, 2.75) is 26.7 Å². The van der Waals surface area contributed by atoms with Crippen LogP contribution in [0.5, 0.6) is 5.75 Å². The third-order valence-corrected chi connectivity index (χ3v) is 3.60. The Labute approximate surface area is 130 Å². The number of rotatable bonds is 7. The van der Waals surface area contributed by atoms with Crippen LogP contribution in [0.2, 0.25) is 0 Å². The zero-order valence-corrected chi connectivity index (χ0v) is 13.3. The zero-order chi connectivity index (χ0) is 15.9. The summed E-state index contributed by atoms with van der Waals surface area (Å²) >= 11 is 0. The van der Waals surface area contributed by atoms with Crippen LogP contribution in [0.15, 0.2) is 34.9 Å². The summed E-state index contributed by atoms with van der Waals surface area (Å²) in [6.07, 6.45) is 2.63. The molecule has 0 aliphatic heterocycles. The maximum Gasteiger partial charge on any atom is 0.223 e. The molecule has 0 aliphatic rings. The fourth-order valence-corrected chi connectivity index (χ4v) is 2.26. The first kappa shape index (κ1) is 16.1. The first-order valence-corrected chi connectivity index (χ1v) is 7.54. The summed E-state index contributed by atoms with van der Waals surface area (Å²) in [5.41, 5.74) is 0.939. The number of aromatic nitrogens is 1. The first-order chi connectivity index (χ1) is 10.7. The lowest BCUT2D eigenvalue weighted by atomic mass is 10.2. The molecule has 0 fully saturated rings. The number of hydrogen-bond donors (Lipinski definition) is 0. The van der Waals surface area contributed by atoms with E-state index in [0.717, 1.165) is 24.4 Å². The van der Waals surface area contributed by atoms with E-state index >= 15 is 0 Å². The van der Waals surface area contributed by atoms with E-state index in [1.165, 1.54) is 0 Å². The van der Waals surface area contributed by atoms with Crippen molar-refractivity contribution < 1.29 is 13.9 Å². The highest BCUT2D eigenvalue weighted by atomic mass is 16.5. The summed E-state index contributed by atoms with van der Waals surface area (Å²) < 4.78 is 10.8. The number of oxazole rings is 1. The largest absolute Gasteiger partial charge is 0.497 e. The van der Waals surface area contributed by atoms with Gasteiger partial charge in [0.1, 0.15) is 5.75 Å². The summed E-state index contributed by atoms with van der Waals surface area (Å²) in [6.45, 7) is 5.43. The molecule has 0 spiro atoms. The maximum absolute atomic E-state index is 12.0. The van der Waals surface area contributed by atoms with Gasteiger partial charge in [-0.15, -0.1) is 0 Å². The van der Waals surface area contributed by atoms with Crippen molar-refractivity contribution in [2.75, 3.05) is 20.2 Å². The van der Waals surface area contributed by atoms with Gasteiger partial charge in [0.05, 0.1) is 13.3 Å². The van der Waals surface area contributed by atoms with Crippen LogP contribution in [0, 0.1) is 0 Å². The number of hydrogen-bond acceptors (Lipinski definition) is 4. The number of nitrogens with zero attached hydrogens (tertiary/aromatic N) is 2. The average Bonchev–Trinajstić information content (AvgIpc) is 3.03. The maximum atomic E-state index is 12.0. The van der Waals surface area contributed by atoms with E-state index in [0.29, 0.717) is 24.5 Å². The molecule has 0 aliphatic carbocycles. The molecule has 0 N–H and O–H groups in total. The van der Waals surface area contributed by atoms with Crippen LogP contribution in [0.3, 0.4) is 0 Å². The molecule has 2 aromatic rings. The predicted molar refractivity (Wildman–Crippen MR) is 84.7 cm³/mol. The Morgan fingerprint density at radius 1 is 1.23 bits per heavy atom. The van der Waals surface area contributed by atoms with E-state index in [9.17, 15) is 4.79 Å². The predicted octanol–water partition coefficient (Wildman–Crippen LogP) is 3.15. The van der Waals surface area contributed by atoms with Crippen molar-refractivity contribution >= 4 is 5.91 Å². The molecule has 1 heterocycles. The Balaban J connectivity index is 1.97. The fourth-order valence-electron chi connectivity index (χ4n) is 2.26. The summed E-state index contributed by atoms with van der Waals surface area (Å²) in [5.74, 6) is 2.22. The fraction of sp³-hybridized carbons (Fsp3) is 0.412. The number of benzene rings is 1. The van der Waals surface area contributed by atoms with E-state index in [1.807, 2.05) is 43.0 Å². The molecule has 0 bridgehead atoms. The molecule has 1 aromatic heterocycles. The van der Waals surface area contributed by atoms with Crippen LogP contribution in [-0.2, 0) is 11.2 Å². The van der Waals surface area contributed by atoms with Crippen LogP contribution >= 0.6 is 0 Å². The average molecular weight is 302 g/mol. The smallest absolute Gasteiger partial charge is 0.223 e. The molecular weight excluding hydrogens is 280 g/mol. The van der Waals surface area contributed by atoms with Gasteiger partial charge >= 0.3 is 0 Å². The van der Waals surface area contributed by atoms with Crippen molar-refractivity contribution in [3.8, 4) is 17.1 Å². The van der Waals surface area contributed by atoms with E-state index in [-0.39, 0.29) is 5.91 Å². The number of methoxy groups -OCH3 is 1. The van der Waals surface area contributed by atoms with Gasteiger partial charge in [-0.2, -0.15) is 0 Å². The van der Waals surface area contributed by atoms with E-state index in [2.05, 4.69) is 4.98 Å². The Morgan fingerprint density at radius 3 is 2.50 bits per heavy atom. The molecule has 0 radical (unpaired) electrons. The molecule has 22 heavy (non-hydrogen) atoms. The van der Waals surface area contributed by atoms with Crippen molar-refractivity contribution in [1.82, 2.24) is 9.88 Å². The van der Waals surface area contributed by atoms with Crippen LogP contribution in [0.1, 0.15) is 26.2 Å². The number of carbonyl (C=O) groups is 1. The second kappa shape index (κ2) is 7.64. The molecule has 1 amide bonds. The molecule has 1 aromatic carbocycles. The van der Waals surface area contributed by atoms with Gasteiger partial charge in [-0.3, -0.25) is 4.79 Å². The van der Waals surface area contributed by atoms with E-state index < -0.39 is 0 Å². The number of ether oxygens (including phenoxy) is 1. The number of carbonyl (C=O) groups excluding carboxylic acids is 1. The van der Waals surface area contributed by atoms with Gasteiger partial charge in [0.25, 0.3) is 0 Å². The lowest BCUT2D eigenvalue weighted by Crippen LogP contribution is -2.30. The van der Waals surface area contributed by atoms with Crippen LogP contribution in [-0.4, -0.2) is 36.0 Å². The second-order valence-electron chi connectivity index (χ2n) is 4.91. The van der Waals surface area contributed by atoms with Gasteiger partial charge in [-0.1, -0.05) is 0 Å². The molecule has 0 unspecified atom stereocenters. The Hall–Kier alpha value is -2.30. The zero-order valence-electron chi connectivity index (χ0n) is 13.3. The molecule has 5 heteroatoms. The van der Waals surface area contributed by atoms with Crippen molar-refractivity contribution in [3.05, 3.63) is 36.4 Å². The van der Waals surface area contributed by atoms with Crippen molar-refractivity contribution in [1.29, 1.82) is 0 Å². The Kier molecular flexibility index (Phi) is 5.58.